The number of carbonyl (C=O) groups excluding carboxylic acids is 1. The van der Waals surface area contributed by atoms with E-state index >= 15 is 0 Å². The molecule has 0 atom stereocenters. The minimum Gasteiger partial charge on any atom is -0.355 e. The van der Waals surface area contributed by atoms with Gasteiger partial charge in [0.25, 0.3) is 0 Å². The van der Waals surface area contributed by atoms with E-state index in [1.165, 1.54) is 19.3 Å². The van der Waals surface area contributed by atoms with E-state index in [9.17, 15) is 4.79 Å². The highest BCUT2D eigenvalue weighted by Gasteiger charge is 2.13. The van der Waals surface area contributed by atoms with Crippen molar-refractivity contribution in [3.8, 4) is 0 Å². The molecule has 0 bridgehead atoms. The van der Waals surface area contributed by atoms with Crippen LogP contribution >= 0.6 is 0 Å². The van der Waals surface area contributed by atoms with Crippen molar-refractivity contribution in [3.63, 3.8) is 0 Å². The van der Waals surface area contributed by atoms with Crippen molar-refractivity contribution in [2.75, 3.05) is 26.2 Å². The topological polar surface area (TPSA) is 32.3 Å². The molecule has 3 heteroatoms. The van der Waals surface area contributed by atoms with Gasteiger partial charge in [-0.25, -0.2) is 0 Å². The third kappa shape index (κ3) is 5.78. The molecule has 1 heterocycles. The van der Waals surface area contributed by atoms with Crippen LogP contribution in [-0.4, -0.2) is 37.0 Å². The first kappa shape index (κ1) is 12.5. The Balaban J connectivity index is 2.06. The van der Waals surface area contributed by atoms with Crippen molar-refractivity contribution in [3.05, 3.63) is 0 Å². The Morgan fingerprint density at radius 1 is 1.27 bits per heavy atom. The van der Waals surface area contributed by atoms with Crippen molar-refractivity contribution in [2.24, 2.45) is 5.92 Å². The first-order valence-corrected chi connectivity index (χ1v) is 6.17. The molecule has 3 nitrogen and oxygen atoms in total. The second kappa shape index (κ2) is 6.83. The summed E-state index contributed by atoms with van der Waals surface area (Å²) < 4.78 is 0. The lowest BCUT2D eigenvalue weighted by Gasteiger charge is -2.25. The molecule has 0 spiro atoms. The summed E-state index contributed by atoms with van der Waals surface area (Å²) in [5, 5.41) is 2.98. The van der Waals surface area contributed by atoms with Crippen molar-refractivity contribution < 1.29 is 4.79 Å². The number of likely N-dealkylation sites (tertiary alicyclic amines) is 1. The molecule has 0 aromatic rings. The number of nitrogens with one attached hydrogen (secondary N) is 1. The summed E-state index contributed by atoms with van der Waals surface area (Å²) in [4.78, 5) is 13.8. The van der Waals surface area contributed by atoms with Gasteiger partial charge < -0.3 is 5.32 Å². The van der Waals surface area contributed by atoms with Gasteiger partial charge in [-0.1, -0.05) is 20.3 Å². The maximum atomic E-state index is 11.5. The zero-order valence-corrected chi connectivity index (χ0v) is 10.1. The van der Waals surface area contributed by atoms with Crippen LogP contribution in [0, 0.1) is 5.92 Å². The number of nitrogens with zero attached hydrogens (tertiary/aromatic N) is 1. The molecule has 1 rings (SSSR count). The SMILES string of the molecule is CC(C)CCNC(=O)CN1CCCCC1. The van der Waals surface area contributed by atoms with Crippen molar-refractivity contribution in [2.45, 2.75) is 39.5 Å². The molecule has 0 radical (unpaired) electrons. The molecule has 1 amide bonds. The van der Waals surface area contributed by atoms with E-state index in [4.69, 9.17) is 0 Å². The van der Waals surface area contributed by atoms with Crippen molar-refractivity contribution in [1.29, 1.82) is 0 Å². The maximum Gasteiger partial charge on any atom is 0.234 e. The van der Waals surface area contributed by atoms with Crippen molar-refractivity contribution in [1.82, 2.24) is 10.2 Å². The predicted octanol–water partition coefficient (Wildman–Crippen LogP) is 1.63. The summed E-state index contributed by atoms with van der Waals surface area (Å²) >= 11 is 0. The maximum absolute atomic E-state index is 11.5. The Morgan fingerprint density at radius 2 is 1.93 bits per heavy atom. The summed E-state index contributed by atoms with van der Waals surface area (Å²) in [5.41, 5.74) is 0. The molecule has 0 unspecified atom stereocenters. The average molecular weight is 212 g/mol. The summed E-state index contributed by atoms with van der Waals surface area (Å²) in [6.45, 7) is 7.96. The second-order valence-electron chi connectivity index (χ2n) is 4.87. The lowest BCUT2D eigenvalue weighted by Crippen LogP contribution is -2.40. The number of hydrogen-bond donors (Lipinski definition) is 1. The Hall–Kier alpha value is -0.570. The van der Waals surface area contributed by atoms with E-state index < -0.39 is 0 Å². The van der Waals surface area contributed by atoms with Crippen LogP contribution in [0.15, 0.2) is 0 Å². The van der Waals surface area contributed by atoms with Crippen LogP contribution in [0.25, 0.3) is 0 Å². The monoisotopic (exact) mass is 212 g/mol. The normalized spacial score (nSPS) is 18.1. The highest BCUT2D eigenvalue weighted by molar-refractivity contribution is 5.77. The molecule has 0 aliphatic carbocycles. The molecule has 88 valence electrons. The zero-order chi connectivity index (χ0) is 11.1. The Labute approximate surface area is 93.2 Å². The second-order valence-corrected chi connectivity index (χ2v) is 4.87. The molecule has 1 aliphatic heterocycles. The predicted molar refractivity (Wildman–Crippen MR) is 62.8 cm³/mol. The lowest BCUT2D eigenvalue weighted by atomic mass is 10.1. The molecular formula is C12H24N2O. The number of hydrogen-bond acceptors (Lipinski definition) is 2. The molecular weight excluding hydrogens is 188 g/mol. The fourth-order valence-electron chi connectivity index (χ4n) is 1.88. The summed E-state index contributed by atoms with van der Waals surface area (Å²) in [7, 11) is 0. The Kier molecular flexibility index (Phi) is 5.69. The van der Waals surface area contributed by atoms with E-state index in [2.05, 4.69) is 24.1 Å². The van der Waals surface area contributed by atoms with Gasteiger partial charge in [0.2, 0.25) is 5.91 Å². The smallest absolute Gasteiger partial charge is 0.234 e. The van der Waals surface area contributed by atoms with Crippen LogP contribution in [0.1, 0.15) is 39.5 Å². The zero-order valence-electron chi connectivity index (χ0n) is 10.1. The van der Waals surface area contributed by atoms with Gasteiger partial charge >= 0.3 is 0 Å². The van der Waals surface area contributed by atoms with E-state index in [0.717, 1.165) is 26.1 Å². The number of piperidine rings is 1. The van der Waals surface area contributed by atoms with E-state index in [-0.39, 0.29) is 5.91 Å². The summed E-state index contributed by atoms with van der Waals surface area (Å²) in [6.07, 6.45) is 4.90. The van der Waals surface area contributed by atoms with Gasteiger partial charge in [-0.2, -0.15) is 0 Å². The molecule has 1 saturated heterocycles. The van der Waals surface area contributed by atoms with Gasteiger partial charge in [0.1, 0.15) is 0 Å². The van der Waals surface area contributed by atoms with Crippen LogP contribution < -0.4 is 5.32 Å². The highest BCUT2D eigenvalue weighted by atomic mass is 16.2. The van der Waals surface area contributed by atoms with Crippen molar-refractivity contribution >= 4 is 5.91 Å². The molecule has 1 N–H and O–H groups in total. The van der Waals surface area contributed by atoms with E-state index in [1.54, 1.807) is 0 Å². The van der Waals surface area contributed by atoms with Gasteiger partial charge in [-0.15, -0.1) is 0 Å². The molecule has 0 aromatic carbocycles. The Bertz CT molecular complexity index is 186. The largest absolute Gasteiger partial charge is 0.355 e. The standard InChI is InChI=1S/C12H24N2O/c1-11(2)6-7-13-12(15)10-14-8-4-3-5-9-14/h11H,3-10H2,1-2H3,(H,13,15). The third-order valence-corrected chi connectivity index (χ3v) is 2.86. The van der Waals surface area contributed by atoms with Gasteiger partial charge in [0.05, 0.1) is 6.54 Å². The molecule has 1 fully saturated rings. The van der Waals surface area contributed by atoms with Gasteiger partial charge in [0, 0.05) is 6.54 Å². The third-order valence-electron chi connectivity index (χ3n) is 2.86. The fraction of sp³-hybridized carbons (Fsp3) is 0.917. The molecule has 1 aliphatic rings. The van der Waals surface area contributed by atoms with Crippen LogP contribution in [0.4, 0.5) is 0 Å². The first-order chi connectivity index (χ1) is 7.18. The summed E-state index contributed by atoms with van der Waals surface area (Å²) in [6, 6.07) is 0. The minimum absolute atomic E-state index is 0.192. The molecule has 0 aromatic heterocycles. The number of amides is 1. The highest BCUT2D eigenvalue weighted by Crippen LogP contribution is 2.07. The molecule has 15 heavy (non-hydrogen) atoms. The number of rotatable bonds is 5. The van der Waals surface area contributed by atoms with Crippen LogP contribution in [0.5, 0.6) is 0 Å². The first-order valence-electron chi connectivity index (χ1n) is 6.17. The van der Waals surface area contributed by atoms with Gasteiger partial charge in [-0.3, -0.25) is 9.69 Å². The lowest BCUT2D eigenvalue weighted by molar-refractivity contribution is -0.122. The quantitative estimate of drug-likeness (QED) is 0.751. The van der Waals surface area contributed by atoms with Crippen LogP contribution in [-0.2, 0) is 4.79 Å². The van der Waals surface area contributed by atoms with Crippen LogP contribution in [0.3, 0.4) is 0 Å². The van der Waals surface area contributed by atoms with Crippen LogP contribution in [0.2, 0.25) is 0 Å². The number of carbonyl (C=O) groups is 1. The van der Waals surface area contributed by atoms with E-state index in [0.29, 0.717) is 12.5 Å². The summed E-state index contributed by atoms with van der Waals surface area (Å²) in [5.74, 6) is 0.859. The average Bonchev–Trinajstić information content (AvgIpc) is 2.18. The Morgan fingerprint density at radius 3 is 2.53 bits per heavy atom. The minimum atomic E-state index is 0.192. The molecule has 0 saturated carbocycles. The van der Waals surface area contributed by atoms with Gasteiger partial charge in [0.15, 0.2) is 0 Å². The van der Waals surface area contributed by atoms with E-state index in [1.807, 2.05) is 0 Å². The van der Waals surface area contributed by atoms with Gasteiger partial charge in [-0.05, 0) is 38.3 Å². The fourth-order valence-corrected chi connectivity index (χ4v) is 1.88.